The molecule has 0 saturated heterocycles. The minimum atomic E-state index is -0.274. The van der Waals surface area contributed by atoms with Gasteiger partial charge in [0.05, 0.1) is 6.26 Å². The highest BCUT2D eigenvalue weighted by Crippen LogP contribution is 2.21. The SMILES string of the molecule is O=C(C=Cc1ccco1)Nc1ncc(Cc2ccc(F)cc2)s1. The number of hydrogen-bond donors (Lipinski definition) is 1. The molecule has 6 heteroatoms. The Bertz CT molecular complexity index is 808. The van der Waals surface area contributed by atoms with Crippen molar-refractivity contribution in [3.63, 3.8) is 0 Å². The summed E-state index contributed by atoms with van der Waals surface area (Å²) in [7, 11) is 0. The maximum atomic E-state index is 12.9. The molecular formula is C17H13FN2O2S. The number of carbonyl (C=O) groups is 1. The van der Waals surface area contributed by atoms with Gasteiger partial charge in [-0.2, -0.15) is 0 Å². The maximum absolute atomic E-state index is 12.9. The van der Waals surface area contributed by atoms with Gasteiger partial charge in [-0.1, -0.05) is 12.1 Å². The summed E-state index contributed by atoms with van der Waals surface area (Å²) < 4.78 is 18.0. The molecule has 0 aliphatic rings. The van der Waals surface area contributed by atoms with Gasteiger partial charge in [-0.15, -0.1) is 11.3 Å². The highest BCUT2D eigenvalue weighted by atomic mass is 32.1. The third-order valence-electron chi connectivity index (χ3n) is 3.02. The van der Waals surface area contributed by atoms with Crippen molar-refractivity contribution in [2.24, 2.45) is 0 Å². The van der Waals surface area contributed by atoms with Gasteiger partial charge in [-0.3, -0.25) is 10.1 Å². The summed E-state index contributed by atoms with van der Waals surface area (Å²) in [6.45, 7) is 0. The number of hydrogen-bond acceptors (Lipinski definition) is 4. The monoisotopic (exact) mass is 328 g/mol. The van der Waals surface area contributed by atoms with E-state index in [1.54, 1.807) is 42.8 Å². The number of rotatable bonds is 5. The van der Waals surface area contributed by atoms with E-state index in [1.807, 2.05) is 0 Å². The number of nitrogens with one attached hydrogen (secondary N) is 1. The molecule has 1 N–H and O–H groups in total. The van der Waals surface area contributed by atoms with Gasteiger partial charge in [-0.05, 0) is 35.9 Å². The highest BCUT2D eigenvalue weighted by Gasteiger charge is 2.06. The van der Waals surface area contributed by atoms with E-state index in [0.29, 0.717) is 17.3 Å². The van der Waals surface area contributed by atoms with E-state index in [9.17, 15) is 9.18 Å². The number of carbonyl (C=O) groups excluding carboxylic acids is 1. The number of furan rings is 1. The van der Waals surface area contributed by atoms with E-state index >= 15 is 0 Å². The van der Waals surface area contributed by atoms with E-state index < -0.39 is 0 Å². The average molecular weight is 328 g/mol. The lowest BCUT2D eigenvalue weighted by Gasteiger charge is -1.98. The van der Waals surface area contributed by atoms with Crippen LogP contribution in [0.15, 0.2) is 59.4 Å². The van der Waals surface area contributed by atoms with Crippen LogP contribution in [0.4, 0.5) is 9.52 Å². The highest BCUT2D eigenvalue weighted by molar-refractivity contribution is 7.15. The first-order valence-electron chi connectivity index (χ1n) is 6.91. The van der Waals surface area contributed by atoms with Crippen molar-refractivity contribution >= 4 is 28.5 Å². The van der Waals surface area contributed by atoms with Gasteiger partial charge >= 0.3 is 0 Å². The third kappa shape index (κ3) is 4.37. The molecule has 0 saturated carbocycles. The lowest BCUT2D eigenvalue weighted by atomic mass is 10.1. The van der Waals surface area contributed by atoms with Crippen molar-refractivity contribution in [1.82, 2.24) is 4.98 Å². The molecule has 23 heavy (non-hydrogen) atoms. The lowest BCUT2D eigenvalue weighted by molar-refractivity contribution is -0.111. The third-order valence-corrected chi connectivity index (χ3v) is 3.93. The van der Waals surface area contributed by atoms with E-state index in [4.69, 9.17) is 4.42 Å². The van der Waals surface area contributed by atoms with Crippen LogP contribution in [-0.2, 0) is 11.2 Å². The Kier molecular flexibility index (Phi) is 4.63. The molecule has 0 atom stereocenters. The second-order valence-corrected chi connectivity index (χ2v) is 5.89. The second kappa shape index (κ2) is 7.02. The van der Waals surface area contributed by atoms with E-state index in [1.165, 1.54) is 29.5 Å². The Labute approximate surface area is 136 Å². The normalized spacial score (nSPS) is 11.0. The molecule has 0 aliphatic heterocycles. The number of aromatic nitrogens is 1. The quantitative estimate of drug-likeness (QED) is 0.717. The molecule has 0 aliphatic carbocycles. The van der Waals surface area contributed by atoms with Crippen LogP contribution in [0.1, 0.15) is 16.2 Å². The summed E-state index contributed by atoms with van der Waals surface area (Å²) in [5.74, 6) is 0.0784. The summed E-state index contributed by atoms with van der Waals surface area (Å²) in [6, 6.07) is 9.84. The summed E-state index contributed by atoms with van der Waals surface area (Å²) in [6.07, 6.45) is 6.87. The van der Waals surface area contributed by atoms with Crippen LogP contribution in [0, 0.1) is 5.82 Å². The predicted octanol–water partition coefficient (Wildman–Crippen LogP) is 4.12. The molecule has 2 heterocycles. The zero-order valence-corrected chi connectivity index (χ0v) is 12.8. The topological polar surface area (TPSA) is 55.1 Å². The first kappa shape index (κ1) is 15.2. The van der Waals surface area contributed by atoms with Crippen molar-refractivity contribution < 1.29 is 13.6 Å². The van der Waals surface area contributed by atoms with Crippen LogP contribution in [0.25, 0.3) is 6.08 Å². The minimum absolute atomic E-state index is 0.255. The molecule has 0 fully saturated rings. The lowest BCUT2D eigenvalue weighted by Crippen LogP contribution is -2.06. The fourth-order valence-electron chi connectivity index (χ4n) is 1.94. The van der Waals surface area contributed by atoms with Crippen LogP contribution < -0.4 is 5.32 Å². The molecule has 2 aromatic heterocycles. The van der Waals surface area contributed by atoms with Gasteiger partial charge in [0.2, 0.25) is 5.91 Å². The van der Waals surface area contributed by atoms with Crippen LogP contribution in [0.3, 0.4) is 0 Å². The average Bonchev–Trinajstić information content (AvgIpc) is 3.20. The van der Waals surface area contributed by atoms with Crippen molar-refractivity contribution in [2.45, 2.75) is 6.42 Å². The maximum Gasteiger partial charge on any atom is 0.250 e. The fraction of sp³-hybridized carbons (Fsp3) is 0.0588. The molecule has 0 bridgehead atoms. The summed E-state index contributed by atoms with van der Waals surface area (Å²) in [4.78, 5) is 17.0. The molecule has 4 nitrogen and oxygen atoms in total. The van der Waals surface area contributed by atoms with Crippen molar-refractivity contribution in [3.8, 4) is 0 Å². The van der Waals surface area contributed by atoms with Gasteiger partial charge in [0.25, 0.3) is 0 Å². The molecule has 0 unspecified atom stereocenters. The Morgan fingerprint density at radius 3 is 2.87 bits per heavy atom. The molecule has 1 amide bonds. The minimum Gasteiger partial charge on any atom is -0.465 e. The molecule has 116 valence electrons. The van der Waals surface area contributed by atoms with Gasteiger partial charge < -0.3 is 4.42 Å². The predicted molar refractivity (Wildman–Crippen MR) is 87.7 cm³/mol. The Morgan fingerprint density at radius 2 is 2.13 bits per heavy atom. The van der Waals surface area contributed by atoms with Crippen molar-refractivity contribution in [3.05, 3.63) is 77.0 Å². The van der Waals surface area contributed by atoms with Crippen LogP contribution in [0.5, 0.6) is 0 Å². The Hall–Kier alpha value is -2.73. The van der Waals surface area contributed by atoms with E-state index in [-0.39, 0.29) is 11.7 Å². The second-order valence-electron chi connectivity index (χ2n) is 4.77. The van der Waals surface area contributed by atoms with Crippen LogP contribution in [-0.4, -0.2) is 10.9 Å². The standard InChI is InChI=1S/C17H13FN2O2S/c18-13-5-3-12(4-6-13)10-15-11-19-17(23-15)20-16(21)8-7-14-2-1-9-22-14/h1-9,11H,10H2,(H,19,20,21). The van der Waals surface area contributed by atoms with E-state index in [0.717, 1.165) is 10.4 Å². The smallest absolute Gasteiger partial charge is 0.250 e. The molecule has 3 aromatic rings. The summed E-state index contributed by atoms with van der Waals surface area (Å²) in [5, 5.41) is 3.22. The zero-order chi connectivity index (χ0) is 16.1. The number of benzene rings is 1. The number of amides is 1. The summed E-state index contributed by atoms with van der Waals surface area (Å²) >= 11 is 1.39. The molecular weight excluding hydrogens is 315 g/mol. The van der Waals surface area contributed by atoms with Crippen LogP contribution >= 0.6 is 11.3 Å². The Balaban J connectivity index is 1.58. The van der Waals surface area contributed by atoms with Gasteiger partial charge in [-0.25, -0.2) is 9.37 Å². The largest absolute Gasteiger partial charge is 0.465 e. The molecule has 1 aromatic carbocycles. The number of halogens is 1. The first-order chi connectivity index (χ1) is 11.2. The van der Waals surface area contributed by atoms with Crippen LogP contribution in [0.2, 0.25) is 0 Å². The number of anilines is 1. The number of nitrogens with zero attached hydrogens (tertiary/aromatic N) is 1. The zero-order valence-electron chi connectivity index (χ0n) is 12.0. The van der Waals surface area contributed by atoms with Gasteiger partial charge in [0.1, 0.15) is 11.6 Å². The van der Waals surface area contributed by atoms with E-state index in [2.05, 4.69) is 10.3 Å². The summed E-state index contributed by atoms with van der Waals surface area (Å²) in [5.41, 5.74) is 0.991. The van der Waals surface area contributed by atoms with Crippen molar-refractivity contribution in [1.29, 1.82) is 0 Å². The van der Waals surface area contributed by atoms with Crippen molar-refractivity contribution in [2.75, 3.05) is 5.32 Å². The first-order valence-corrected chi connectivity index (χ1v) is 7.72. The molecule has 0 spiro atoms. The van der Waals surface area contributed by atoms with Gasteiger partial charge in [0, 0.05) is 23.6 Å². The molecule has 3 rings (SSSR count). The number of thiazole rings is 1. The Morgan fingerprint density at radius 1 is 1.30 bits per heavy atom. The van der Waals surface area contributed by atoms with Gasteiger partial charge in [0.15, 0.2) is 5.13 Å². The molecule has 0 radical (unpaired) electrons. The fourth-order valence-corrected chi connectivity index (χ4v) is 2.79.